The Hall–Kier alpha value is -4.65. The predicted molar refractivity (Wildman–Crippen MR) is 144 cm³/mol. The van der Waals surface area contributed by atoms with E-state index in [1.807, 2.05) is 6.07 Å². The molecule has 0 saturated carbocycles. The van der Waals surface area contributed by atoms with E-state index in [1.54, 1.807) is 36.4 Å². The summed E-state index contributed by atoms with van der Waals surface area (Å²) in [7, 11) is 0. The van der Waals surface area contributed by atoms with Crippen molar-refractivity contribution in [1.82, 2.24) is 16.0 Å². The van der Waals surface area contributed by atoms with Gasteiger partial charge in [0.25, 0.3) is 0 Å². The molecule has 13 heteroatoms. The van der Waals surface area contributed by atoms with E-state index >= 15 is 0 Å². The Morgan fingerprint density at radius 2 is 1.46 bits per heavy atom. The highest BCUT2D eigenvalue weighted by molar-refractivity contribution is 5.92. The number of phenols is 1. The number of aliphatic carboxylic acids is 1. The number of carbonyl (C=O) groups is 4. The molecule has 0 bridgehead atoms. The smallest absolute Gasteiger partial charge is 0.326 e. The summed E-state index contributed by atoms with van der Waals surface area (Å²) in [5.74, 6) is -3.21. The fourth-order valence-corrected chi connectivity index (χ4v) is 3.59. The minimum Gasteiger partial charge on any atom is -0.508 e. The topological polar surface area (TPSA) is 235 Å². The Labute approximate surface area is 225 Å². The molecule has 0 aliphatic rings. The van der Waals surface area contributed by atoms with Gasteiger partial charge < -0.3 is 43.4 Å². The zero-order valence-electron chi connectivity index (χ0n) is 21.4. The number of hydrogen-bond donors (Lipinski definition) is 8. The second-order valence-electron chi connectivity index (χ2n) is 8.85. The van der Waals surface area contributed by atoms with Crippen LogP contribution in [0.25, 0.3) is 0 Å². The average Bonchev–Trinajstić information content (AvgIpc) is 2.90. The van der Waals surface area contributed by atoms with Gasteiger partial charge in [0, 0.05) is 19.4 Å². The number of carboxylic acid groups (broad SMARTS) is 1. The summed E-state index contributed by atoms with van der Waals surface area (Å²) in [5.41, 5.74) is 17.9. The number of nitrogens with zero attached hydrogens (tertiary/aromatic N) is 1. The van der Waals surface area contributed by atoms with Crippen LogP contribution in [-0.2, 0) is 32.0 Å². The minimum absolute atomic E-state index is 0.0247. The van der Waals surface area contributed by atoms with E-state index in [1.165, 1.54) is 12.1 Å². The number of amides is 3. The van der Waals surface area contributed by atoms with Gasteiger partial charge >= 0.3 is 5.97 Å². The first-order valence-corrected chi connectivity index (χ1v) is 12.3. The molecule has 2 rings (SSSR count). The van der Waals surface area contributed by atoms with Crippen molar-refractivity contribution in [2.75, 3.05) is 13.1 Å². The van der Waals surface area contributed by atoms with E-state index in [4.69, 9.17) is 17.2 Å². The van der Waals surface area contributed by atoms with E-state index in [0.717, 1.165) is 5.56 Å². The second-order valence-corrected chi connectivity index (χ2v) is 8.85. The van der Waals surface area contributed by atoms with Crippen molar-refractivity contribution in [3.8, 4) is 5.75 Å². The van der Waals surface area contributed by atoms with Crippen LogP contribution in [0.15, 0.2) is 59.6 Å². The molecule has 3 amide bonds. The van der Waals surface area contributed by atoms with E-state index in [9.17, 15) is 29.4 Å². The van der Waals surface area contributed by atoms with E-state index in [0.29, 0.717) is 18.5 Å². The lowest BCUT2D eigenvalue weighted by Gasteiger charge is -2.21. The Kier molecular flexibility index (Phi) is 12.2. The molecule has 210 valence electrons. The highest BCUT2D eigenvalue weighted by Crippen LogP contribution is 2.11. The quantitative estimate of drug-likeness (QED) is 0.0761. The van der Waals surface area contributed by atoms with Crippen LogP contribution < -0.4 is 33.2 Å². The number of carboxylic acids is 1. The number of carbonyl (C=O) groups excluding carboxylic acids is 3. The molecule has 13 nitrogen and oxygen atoms in total. The van der Waals surface area contributed by atoms with Gasteiger partial charge in [-0.2, -0.15) is 0 Å². The number of nitrogens with two attached hydrogens (primary N) is 3. The number of aliphatic imine (C=N–C) groups is 1. The molecule has 2 aromatic rings. The van der Waals surface area contributed by atoms with Crippen molar-refractivity contribution >= 4 is 29.7 Å². The van der Waals surface area contributed by atoms with E-state index < -0.39 is 48.4 Å². The Morgan fingerprint density at radius 3 is 2.08 bits per heavy atom. The highest BCUT2D eigenvalue weighted by atomic mass is 16.4. The molecule has 3 unspecified atom stereocenters. The first-order valence-electron chi connectivity index (χ1n) is 12.3. The molecule has 0 heterocycles. The monoisotopic (exact) mass is 541 g/mol. The first kappa shape index (κ1) is 30.6. The summed E-state index contributed by atoms with van der Waals surface area (Å²) in [6.45, 7) is -0.208. The molecule has 11 N–H and O–H groups in total. The molecular weight excluding hydrogens is 506 g/mol. The fraction of sp³-hybridized carbons (Fsp3) is 0.346. The molecule has 0 radical (unpaired) electrons. The van der Waals surface area contributed by atoms with Gasteiger partial charge in [-0.05, 0) is 36.1 Å². The maximum Gasteiger partial charge on any atom is 0.326 e. The van der Waals surface area contributed by atoms with Gasteiger partial charge in [0.05, 0.1) is 12.6 Å². The third-order valence-electron chi connectivity index (χ3n) is 5.65. The van der Waals surface area contributed by atoms with Crippen LogP contribution >= 0.6 is 0 Å². The molecule has 39 heavy (non-hydrogen) atoms. The molecule has 2 aromatic carbocycles. The number of rotatable bonds is 15. The Morgan fingerprint density at radius 1 is 0.846 bits per heavy atom. The highest BCUT2D eigenvalue weighted by Gasteiger charge is 2.25. The molecular formula is C26H35N7O6. The van der Waals surface area contributed by atoms with Crippen LogP contribution in [0.2, 0.25) is 0 Å². The predicted octanol–water partition coefficient (Wildman–Crippen LogP) is -1.27. The normalized spacial score (nSPS) is 12.8. The van der Waals surface area contributed by atoms with E-state index in [-0.39, 0.29) is 31.0 Å². The van der Waals surface area contributed by atoms with Gasteiger partial charge in [-0.15, -0.1) is 0 Å². The largest absolute Gasteiger partial charge is 0.508 e. The summed E-state index contributed by atoms with van der Waals surface area (Å²) < 4.78 is 0. The maximum atomic E-state index is 13.0. The van der Waals surface area contributed by atoms with Gasteiger partial charge in [-0.3, -0.25) is 19.4 Å². The zero-order chi connectivity index (χ0) is 28.8. The number of hydrogen-bond acceptors (Lipinski definition) is 7. The van der Waals surface area contributed by atoms with Gasteiger partial charge in [-0.1, -0.05) is 42.5 Å². The number of nitrogens with one attached hydrogen (secondary N) is 3. The van der Waals surface area contributed by atoms with Crippen molar-refractivity contribution in [1.29, 1.82) is 0 Å². The Balaban J connectivity index is 1.98. The third-order valence-corrected chi connectivity index (χ3v) is 5.65. The molecule has 0 aliphatic carbocycles. The van der Waals surface area contributed by atoms with Gasteiger partial charge in [0.1, 0.15) is 17.8 Å². The van der Waals surface area contributed by atoms with Crippen molar-refractivity contribution in [3.63, 3.8) is 0 Å². The van der Waals surface area contributed by atoms with Crippen LogP contribution in [0, 0.1) is 0 Å². The molecule has 0 aliphatic heterocycles. The summed E-state index contributed by atoms with van der Waals surface area (Å²) in [6, 6.07) is 11.7. The van der Waals surface area contributed by atoms with Crippen molar-refractivity contribution in [3.05, 3.63) is 65.7 Å². The average molecular weight is 542 g/mol. The molecule has 0 spiro atoms. The standard InChI is InChI=1S/C26H35N7O6/c27-19(7-4-12-30-26(28)29)23(36)33-20(13-16-5-2-1-3-6-16)24(37)31-15-22(35)32-21(25(38)39)14-17-8-10-18(34)11-9-17/h1-3,5-6,8-11,19-21,34H,4,7,12-15,27H2,(H,31,37)(H,32,35)(H,33,36)(H,38,39)(H4,28,29,30). The van der Waals surface area contributed by atoms with Crippen LogP contribution in [0.4, 0.5) is 0 Å². The van der Waals surface area contributed by atoms with Crippen molar-refractivity contribution in [2.45, 2.75) is 43.8 Å². The minimum atomic E-state index is -1.26. The lowest BCUT2D eigenvalue weighted by Crippen LogP contribution is -2.54. The lowest BCUT2D eigenvalue weighted by atomic mass is 10.0. The lowest BCUT2D eigenvalue weighted by molar-refractivity contribution is -0.141. The maximum absolute atomic E-state index is 13.0. The molecule has 0 aromatic heterocycles. The summed E-state index contributed by atoms with van der Waals surface area (Å²) in [4.78, 5) is 53.5. The Bertz CT molecular complexity index is 1140. The fourth-order valence-electron chi connectivity index (χ4n) is 3.59. The zero-order valence-corrected chi connectivity index (χ0v) is 21.4. The van der Waals surface area contributed by atoms with Gasteiger partial charge in [0.15, 0.2) is 5.96 Å². The number of guanidine groups is 1. The number of phenolic OH excluding ortho intramolecular Hbond substituents is 1. The van der Waals surface area contributed by atoms with Crippen LogP contribution in [0.1, 0.15) is 24.0 Å². The summed E-state index contributed by atoms with van der Waals surface area (Å²) >= 11 is 0. The van der Waals surface area contributed by atoms with Crippen LogP contribution in [0.3, 0.4) is 0 Å². The SMILES string of the molecule is NC(N)=NCCCC(N)C(=O)NC(Cc1ccccc1)C(=O)NCC(=O)NC(Cc1ccc(O)cc1)C(=O)O. The van der Waals surface area contributed by atoms with Gasteiger partial charge in [0.2, 0.25) is 17.7 Å². The molecule has 3 atom stereocenters. The van der Waals surface area contributed by atoms with E-state index in [2.05, 4.69) is 20.9 Å². The summed E-state index contributed by atoms with van der Waals surface area (Å²) in [6.07, 6.45) is 0.849. The third kappa shape index (κ3) is 11.5. The van der Waals surface area contributed by atoms with Crippen molar-refractivity contribution < 1.29 is 29.4 Å². The molecule has 0 fully saturated rings. The van der Waals surface area contributed by atoms with Crippen molar-refractivity contribution in [2.24, 2.45) is 22.2 Å². The molecule has 0 saturated heterocycles. The first-order chi connectivity index (χ1) is 18.5. The van der Waals surface area contributed by atoms with Gasteiger partial charge in [-0.25, -0.2) is 4.79 Å². The second kappa shape index (κ2) is 15.6. The van der Waals surface area contributed by atoms with Crippen LogP contribution in [-0.4, -0.2) is 71.1 Å². The number of aromatic hydroxyl groups is 1. The number of benzene rings is 2. The summed E-state index contributed by atoms with van der Waals surface area (Å²) in [5, 5.41) is 26.3. The van der Waals surface area contributed by atoms with Crippen LogP contribution in [0.5, 0.6) is 5.75 Å².